The molecule has 1 aromatic rings. The van der Waals surface area contributed by atoms with Gasteiger partial charge in [-0.15, -0.1) is 0 Å². The number of aryl methyl sites for hydroxylation is 1. The smallest absolute Gasteiger partial charge is 0.169 e. The number of furan rings is 1. The average molecular weight is 258 g/mol. The lowest BCUT2D eigenvalue weighted by molar-refractivity contribution is 0.346. The molecule has 0 aromatic carbocycles. The van der Waals surface area contributed by atoms with Gasteiger partial charge in [-0.3, -0.25) is 0 Å². The first-order valence-electron chi connectivity index (χ1n) is 5.29. The molecule has 0 bridgehead atoms. The zero-order chi connectivity index (χ0) is 9.80. The van der Waals surface area contributed by atoms with Gasteiger partial charge in [0, 0.05) is 6.42 Å². The van der Waals surface area contributed by atoms with Crippen LogP contribution in [0, 0.1) is 5.92 Å². The van der Waals surface area contributed by atoms with E-state index in [9.17, 15) is 0 Å². The minimum atomic E-state index is 0.840. The van der Waals surface area contributed by atoms with Crippen molar-refractivity contribution in [3.05, 3.63) is 22.6 Å². The van der Waals surface area contributed by atoms with Crippen LogP contribution in [0.15, 0.2) is 21.2 Å². The quantitative estimate of drug-likeness (QED) is 0.901. The molecule has 1 fully saturated rings. The maximum Gasteiger partial charge on any atom is 0.169 e. The van der Waals surface area contributed by atoms with Gasteiger partial charge in [-0.2, -0.15) is 0 Å². The highest BCUT2D eigenvalue weighted by molar-refractivity contribution is 9.10. The molecule has 1 aromatic heterocycles. The summed E-state index contributed by atoms with van der Waals surface area (Å²) in [6, 6.07) is 4.02. The molecule has 1 N–H and O–H groups in total. The summed E-state index contributed by atoms with van der Waals surface area (Å²) >= 11 is 3.32. The molecule has 1 aliphatic rings. The molecule has 1 unspecified atom stereocenters. The third-order valence-electron chi connectivity index (χ3n) is 2.83. The molecule has 3 heteroatoms. The van der Waals surface area contributed by atoms with Crippen LogP contribution < -0.4 is 5.32 Å². The lowest BCUT2D eigenvalue weighted by Gasteiger charge is -2.22. The van der Waals surface area contributed by atoms with Crippen molar-refractivity contribution in [1.29, 1.82) is 0 Å². The molecule has 0 aliphatic carbocycles. The molecule has 78 valence electrons. The normalized spacial score (nSPS) is 22.5. The van der Waals surface area contributed by atoms with Gasteiger partial charge in [0.05, 0.1) is 0 Å². The predicted molar refractivity (Wildman–Crippen MR) is 60.3 cm³/mol. The van der Waals surface area contributed by atoms with E-state index in [0.29, 0.717) is 0 Å². The lowest BCUT2D eigenvalue weighted by Crippen LogP contribution is -2.29. The van der Waals surface area contributed by atoms with Crippen molar-refractivity contribution >= 4 is 15.9 Å². The number of hydrogen-bond donors (Lipinski definition) is 1. The first-order valence-corrected chi connectivity index (χ1v) is 6.09. The first-order chi connectivity index (χ1) is 6.84. The molecule has 1 aliphatic heterocycles. The Kier molecular flexibility index (Phi) is 3.65. The van der Waals surface area contributed by atoms with Crippen LogP contribution in [0.5, 0.6) is 0 Å². The Morgan fingerprint density at radius 2 is 2.43 bits per heavy atom. The Hall–Kier alpha value is -0.280. The summed E-state index contributed by atoms with van der Waals surface area (Å²) in [5.74, 6) is 1.94. The second-order valence-corrected chi connectivity index (χ2v) is 4.74. The third-order valence-corrected chi connectivity index (χ3v) is 3.25. The van der Waals surface area contributed by atoms with Crippen molar-refractivity contribution < 1.29 is 4.42 Å². The van der Waals surface area contributed by atoms with E-state index in [1.807, 2.05) is 6.07 Å². The fourth-order valence-electron chi connectivity index (χ4n) is 2.00. The number of rotatable bonds is 3. The van der Waals surface area contributed by atoms with Gasteiger partial charge >= 0.3 is 0 Å². The van der Waals surface area contributed by atoms with Gasteiger partial charge in [0.25, 0.3) is 0 Å². The molecular formula is C11H16BrNO. The van der Waals surface area contributed by atoms with Gasteiger partial charge in [-0.1, -0.05) is 0 Å². The molecule has 1 atom stereocenters. The Balaban J connectivity index is 1.76. The van der Waals surface area contributed by atoms with Crippen molar-refractivity contribution in [2.45, 2.75) is 25.7 Å². The van der Waals surface area contributed by atoms with E-state index < -0.39 is 0 Å². The zero-order valence-corrected chi connectivity index (χ0v) is 9.85. The van der Waals surface area contributed by atoms with Crippen molar-refractivity contribution in [2.24, 2.45) is 5.92 Å². The van der Waals surface area contributed by atoms with Gasteiger partial charge in [-0.05, 0) is 66.3 Å². The molecule has 1 saturated heterocycles. The van der Waals surface area contributed by atoms with E-state index in [-0.39, 0.29) is 0 Å². The van der Waals surface area contributed by atoms with Crippen LogP contribution in [0.4, 0.5) is 0 Å². The molecule has 0 radical (unpaired) electrons. The summed E-state index contributed by atoms with van der Waals surface area (Å²) in [6.45, 7) is 2.38. The highest BCUT2D eigenvalue weighted by atomic mass is 79.9. The van der Waals surface area contributed by atoms with Gasteiger partial charge in [0.15, 0.2) is 4.67 Å². The Morgan fingerprint density at radius 1 is 1.50 bits per heavy atom. The minimum absolute atomic E-state index is 0.840. The number of halogens is 1. The summed E-state index contributed by atoms with van der Waals surface area (Å²) in [5.41, 5.74) is 0. The molecule has 2 heterocycles. The molecule has 14 heavy (non-hydrogen) atoms. The number of piperidine rings is 1. The Bertz CT molecular complexity index is 279. The summed E-state index contributed by atoms with van der Waals surface area (Å²) in [6.07, 6.45) is 5.01. The Labute approximate surface area is 93.2 Å². The summed E-state index contributed by atoms with van der Waals surface area (Å²) in [4.78, 5) is 0. The maximum atomic E-state index is 5.47. The lowest BCUT2D eigenvalue weighted by atomic mass is 9.94. The predicted octanol–water partition coefficient (Wildman–Crippen LogP) is 2.97. The highest BCUT2D eigenvalue weighted by Crippen LogP contribution is 2.20. The van der Waals surface area contributed by atoms with Crippen LogP contribution in [-0.2, 0) is 6.42 Å². The van der Waals surface area contributed by atoms with Crippen LogP contribution in [0.25, 0.3) is 0 Å². The van der Waals surface area contributed by atoms with E-state index in [4.69, 9.17) is 4.42 Å². The fourth-order valence-corrected chi connectivity index (χ4v) is 2.34. The van der Waals surface area contributed by atoms with Crippen molar-refractivity contribution in [3.63, 3.8) is 0 Å². The second kappa shape index (κ2) is 4.99. The van der Waals surface area contributed by atoms with E-state index in [1.165, 1.54) is 32.4 Å². The van der Waals surface area contributed by atoms with Gasteiger partial charge in [0.1, 0.15) is 5.76 Å². The second-order valence-electron chi connectivity index (χ2n) is 3.96. The van der Waals surface area contributed by atoms with E-state index in [2.05, 4.69) is 27.3 Å². The molecular weight excluding hydrogens is 242 g/mol. The standard InChI is InChI=1S/C11H16BrNO/c12-11-6-5-10(14-11)4-3-9-2-1-7-13-8-9/h5-6,9,13H,1-4,7-8H2. The highest BCUT2D eigenvalue weighted by Gasteiger charge is 2.13. The zero-order valence-electron chi connectivity index (χ0n) is 8.26. The largest absolute Gasteiger partial charge is 0.454 e. The molecule has 2 nitrogen and oxygen atoms in total. The van der Waals surface area contributed by atoms with Gasteiger partial charge in [0.2, 0.25) is 0 Å². The van der Waals surface area contributed by atoms with E-state index in [1.54, 1.807) is 0 Å². The number of nitrogens with one attached hydrogen (secondary N) is 1. The SMILES string of the molecule is Brc1ccc(CCC2CCCNC2)o1. The van der Waals surface area contributed by atoms with E-state index >= 15 is 0 Å². The molecule has 2 rings (SSSR count). The van der Waals surface area contributed by atoms with Crippen molar-refractivity contribution in [3.8, 4) is 0 Å². The molecule has 0 amide bonds. The maximum absolute atomic E-state index is 5.47. The van der Waals surface area contributed by atoms with Crippen LogP contribution in [0.2, 0.25) is 0 Å². The third kappa shape index (κ3) is 2.85. The average Bonchev–Trinajstić information content (AvgIpc) is 2.63. The van der Waals surface area contributed by atoms with Crippen LogP contribution in [-0.4, -0.2) is 13.1 Å². The monoisotopic (exact) mass is 257 g/mol. The summed E-state index contributed by atoms with van der Waals surface area (Å²) < 4.78 is 6.31. The van der Waals surface area contributed by atoms with Crippen molar-refractivity contribution in [1.82, 2.24) is 5.32 Å². The van der Waals surface area contributed by atoms with E-state index in [0.717, 1.165) is 22.8 Å². The minimum Gasteiger partial charge on any atom is -0.454 e. The van der Waals surface area contributed by atoms with Crippen LogP contribution in [0.3, 0.4) is 0 Å². The Morgan fingerprint density at radius 3 is 3.07 bits per heavy atom. The van der Waals surface area contributed by atoms with Crippen LogP contribution >= 0.6 is 15.9 Å². The summed E-state index contributed by atoms with van der Waals surface area (Å²) in [5, 5.41) is 3.44. The molecule has 0 spiro atoms. The molecule has 0 saturated carbocycles. The van der Waals surface area contributed by atoms with Crippen LogP contribution in [0.1, 0.15) is 25.0 Å². The fraction of sp³-hybridized carbons (Fsp3) is 0.636. The van der Waals surface area contributed by atoms with Crippen molar-refractivity contribution in [2.75, 3.05) is 13.1 Å². The summed E-state index contributed by atoms with van der Waals surface area (Å²) in [7, 11) is 0. The topological polar surface area (TPSA) is 25.2 Å². The number of hydrogen-bond acceptors (Lipinski definition) is 2. The van der Waals surface area contributed by atoms with Gasteiger partial charge in [-0.25, -0.2) is 0 Å². The van der Waals surface area contributed by atoms with Gasteiger partial charge < -0.3 is 9.73 Å². The first kappa shape index (κ1) is 10.2.